The maximum Gasteiger partial charge on any atom is 0.160 e. The fourth-order valence-electron chi connectivity index (χ4n) is 3.55. The Bertz CT molecular complexity index is 1290. The summed E-state index contributed by atoms with van der Waals surface area (Å²) in [6.45, 7) is 2.09. The van der Waals surface area contributed by atoms with Gasteiger partial charge in [0.15, 0.2) is 5.82 Å². The first-order valence-corrected chi connectivity index (χ1v) is 10.3. The standard InChI is InChI=1S/C28H21N3/c1-20-9-11-22(12-10-20)26-18-27(31-28(30-26)24-6-3-2-4-7-24)23-15-13-21(14-16-23)25-8-5-17-29-19-25/h2-19H,1H3. The second kappa shape index (κ2) is 8.33. The highest BCUT2D eigenvalue weighted by Gasteiger charge is 2.11. The molecule has 148 valence electrons. The quantitative estimate of drug-likeness (QED) is 0.332. The van der Waals surface area contributed by atoms with Gasteiger partial charge in [0.25, 0.3) is 0 Å². The molecule has 5 aromatic rings. The monoisotopic (exact) mass is 399 g/mol. The van der Waals surface area contributed by atoms with Gasteiger partial charge in [0.1, 0.15) is 0 Å². The number of benzene rings is 3. The van der Waals surface area contributed by atoms with Crippen LogP contribution in [-0.2, 0) is 0 Å². The maximum atomic E-state index is 4.90. The molecule has 2 aromatic heterocycles. The molecule has 0 spiro atoms. The summed E-state index contributed by atoms with van der Waals surface area (Å²) >= 11 is 0. The van der Waals surface area contributed by atoms with Crippen molar-refractivity contribution in [2.45, 2.75) is 6.92 Å². The molecule has 2 heterocycles. The highest BCUT2D eigenvalue weighted by Crippen LogP contribution is 2.29. The van der Waals surface area contributed by atoms with Crippen molar-refractivity contribution in [3.8, 4) is 45.0 Å². The van der Waals surface area contributed by atoms with E-state index in [1.54, 1.807) is 6.20 Å². The smallest absolute Gasteiger partial charge is 0.160 e. The fraction of sp³-hybridized carbons (Fsp3) is 0.0357. The van der Waals surface area contributed by atoms with Crippen LogP contribution in [0.25, 0.3) is 45.0 Å². The zero-order chi connectivity index (χ0) is 21.0. The van der Waals surface area contributed by atoms with Gasteiger partial charge in [-0.25, -0.2) is 9.97 Å². The van der Waals surface area contributed by atoms with E-state index in [9.17, 15) is 0 Å². The van der Waals surface area contributed by atoms with Crippen molar-refractivity contribution >= 4 is 0 Å². The van der Waals surface area contributed by atoms with Crippen LogP contribution in [0.5, 0.6) is 0 Å². The molecule has 0 atom stereocenters. The molecule has 0 radical (unpaired) electrons. The molecule has 0 aliphatic carbocycles. The molecule has 3 aromatic carbocycles. The van der Waals surface area contributed by atoms with E-state index < -0.39 is 0 Å². The Morgan fingerprint density at radius 3 is 1.71 bits per heavy atom. The van der Waals surface area contributed by atoms with Crippen LogP contribution in [-0.4, -0.2) is 15.0 Å². The van der Waals surface area contributed by atoms with Crippen LogP contribution in [0.3, 0.4) is 0 Å². The molecule has 3 nitrogen and oxygen atoms in total. The van der Waals surface area contributed by atoms with Gasteiger partial charge in [-0.2, -0.15) is 0 Å². The van der Waals surface area contributed by atoms with E-state index in [1.807, 2.05) is 42.6 Å². The molecule has 0 fully saturated rings. The van der Waals surface area contributed by atoms with Crippen molar-refractivity contribution in [2.24, 2.45) is 0 Å². The van der Waals surface area contributed by atoms with Crippen molar-refractivity contribution in [3.63, 3.8) is 0 Å². The van der Waals surface area contributed by atoms with Crippen LogP contribution >= 0.6 is 0 Å². The number of nitrogens with zero attached hydrogens (tertiary/aromatic N) is 3. The molecule has 0 bridgehead atoms. The second-order valence-electron chi connectivity index (χ2n) is 7.51. The van der Waals surface area contributed by atoms with Crippen LogP contribution in [0.1, 0.15) is 5.56 Å². The Hall–Kier alpha value is -4.11. The first-order valence-electron chi connectivity index (χ1n) is 10.3. The van der Waals surface area contributed by atoms with Crippen molar-refractivity contribution in [3.05, 3.63) is 115 Å². The fourth-order valence-corrected chi connectivity index (χ4v) is 3.55. The molecular weight excluding hydrogens is 378 g/mol. The van der Waals surface area contributed by atoms with E-state index in [2.05, 4.69) is 72.6 Å². The van der Waals surface area contributed by atoms with Crippen molar-refractivity contribution < 1.29 is 0 Å². The summed E-state index contributed by atoms with van der Waals surface area (Å²) in [6, 6.07) is 33.1. The topological polar surface area (TPSA) is 38.7 Å². The number of aryl methyl sites for hydroxylation is 1. The minimum absolute atomic E-state index is 0.727. The lowest BCUT2D eigenvalue weighted by Gasteiger charge is -2.10. The molecule has 31 heavy (non-hydrogen) atoms. The second-order valence-corrected chi connectivity index (χ2v) is 7.51. The maximum absolute atomic E-state index is 4.90. The molecule has 0 saturated heterocycles. The average molecular weight is 399 g/mol. The molecule has 0 unspecified atom stereocenters. The summed E-state index contributed by atoms with van der Waals surface area (Å²) in [7, 11) is 0. The number of rotatable bonds is 4. The Labute approximate surface area is 182 Å². The predicted molar refractivity (Wildman–Crippen MR) is 126 cm³/mol. The summed E-state index contributed by atoms with van der Waals surface area (Å²) < 4.78 is 0. The van der Waals surface area contributed by atoms with Crippen LogP contribution < -0.4 is 0 Å². The first kappa shape index (κ1) is 18.9. The van der Waals surface area contributed by atoms with Crippen LogP contribution in [0.15, 0.2) is 109 Å². The third-order valence-electron chi connectivity index (χ3n) is 5.28. The van der Waals surface area contributed by atoms with Gasteiger partial charge in [-0.15, -0.1) is 0 Å². The molecular formula is C28H21N3. The molecule has 0 aliphatic rings. The van der Waals surface area contributed by atoms with Gasteiger partial charge in [-0.1, -0.05) is 90.5 Å². The zero-order valence-corrected chi connectivity index (χ0v) is 17.2. The van der Waals surface area contributed by atoms with Crippen molar-refractivity contribution in [1.29, 1.82) is 0 Å². The number of pyridine rings is 1. The number of hydrogen-bond donors (Lipinski definition) is 0. The lowest BCUT2D eigenvalue weighted by atomic mass is 10.0. The summed E-state index contributed by atoms with van der Waals surface area (Å²) in [6.07, 6.45) is 3.67. The normalized spacial score (nSPS) is 10.7. The van der Waals surface area contributed by atoms with Gasteiger partial charge >= 0.3 is 0 Å². The lowest BCUT2D eigenvalue weighted by Crippen LogP contribution is -1.96. The van der Waals surface area contributed by atoms with Gasteiger partial charge in [-0.05, 0) is 30.2 Å². The molecule has 0 saturated carbocycles. The molecule has 5 rings (SSSR count). The number of hydrogen-bond acceptors (Lipinski definition) is 3. The van der Waals surface area contributed by atoms with Gasteiger partial charge in [0.2, 0.25) is 0 Å². The molecule has 0 amide bonds. The Morgan fingerprint density at radius 1 is 0.516 bits per heavy atom. The Balaban J connectivity index is 1.60. The van der Waals surface area contributed by atoms with E-state index >= 15 is 0 Å². The summed E-state index contributed by atoms with van der Waals surface area (Å²) in [5, 5.41) is 0. The Morgan fingerprint density at radius 2 is 1.10 bits per heavy atom. The lowest BCUT2D eigenvalue weighted by molar-refractivity contribution is 1.18. The van der Waals surface area contributed by atoms with E-state index in [1.165, 1.54) is 5.56 Å². The summed E-state index contributed by atoms with van der Waals surface area (Å²) in [5.74, 6) is 0.727. The average Bonchev–Trinajstić information content (AvgIpc) is 2.85. The van der Waals surface area contributed by atoms with Gasteiger partial charge < -0.3 is 0 Å². The third kappa shape index (κ3) is 4.12. The minimum Gasteiger partial charge on any atom is -0.264 e. The zero-order valence-electron chi connectivity index (χ0n) is 17.2. The molecule has 0 N–H and O–H groups in total. The summed E-state index contributed by atoms with van der Waals surface area (Å²) in [4.78, 5) is 14.0. The van der Waals surface area contributed by atoms with E-state index in [0.717, 1.165) is 45.0 Å². The number of aromatic nitrogens is 3. The van der Waals surface area contributed by atoms with Gasteiger partial charge in [0, 0.05) is 29.1 Å². The highest BCUT2D eigenvalue weighted by molar-refractivity contribution is 5.73. The summed E-state index contributed by atoms with van der Waals surface area (Å²) in [5.41, 5.74) is 8.42. The molecule has 0 aliphatic heterocycles. The first-order chi connectivity index (χ1) is 15.3. The van der Waals surface area contributed by atoms with E-state index in [4.69, 9.17) is 9.97 Å². The van der Waals surface area contributed by atoms with Crippen molar-refractivity contribution in [2.75, 3.05) is 0 Å². The van der Waals surface area contributed by atoms with Crippen LogP contribution in [0.4, 0.5) is 0 Å². The molecule has 3 heteroatoms. The van der Waals surface area contributed by atoms with Gasteiger partial charge in [0.05, 0.1) is 11.4 Å². The highest BCUT2D eigenvalue weighted by atomic mass is 14.9. The van der Waals surface area contributed by atoms with Crippen LogP contribution in [0.2, 0.25) is 0 Å². The minimum atomic E-state index is 0.727. The third-order valence-corrected chi connectivity index (χ3v) is 5.28. The van der Waals surface area contributed by atoms with E-state index in [-0.39, 0.29) is 0 Å². The van der Waals surface area contributed by atoms with Crippen LogP contribution in [0, 0.1) is 6.92 Å². The van der Waals surface area contributed by atoms with Crippen molar-refractivity contribution in [1.82, 2.24) is 15.0 Å². The van der Waals surface area contributed by atoms with Gasteiger partial charge in [-0.3, -0.25) is 4.98 Å². The predicted octanol–water partition coefficient (Wildman–Crippen LogP) is 6.85. The SMILES string of the molecule is Cc1ccc(-c2cc(-c3ccc(-c4cccnc4)cc3)nc(-c3ccccc3)n2)cc1. The Kier molecular flexibility index (Phi) is 5.07. The van der Waals surface area contributed by atoms with E-state index in [0.29, 0.717) is 0 Å². The largest absolute Gasteiger partial charge is 0.264 e.